The maximum absolute atomic E-state index is 13.0. The number of hydrogen-bond donors (Lipinski definition) is 3. The summed E-state index contributed by atoms with van der Waals surface area (Å²) in [5.74, 6) is -0.493. The standard InChI is InChI=1S/C14H15FN4O/c15-10-3-1-2-9(6-10)4-5-18-14-12(13(17)20)7-11(16)8-19-14/h1-3,6-8H,4-5,16H2,(H2,17,20)(H,18,19). The third-order valence-electron chi connectivity index (χ3n) is 2.77. The number of aromatic nitrogens is 1. The van der Waals surface area contributed by atoms with E-state index >= 15 is 0 Å². The first-order valence-corrected chi connectivity index (χ1v) is 6.10. The van der Waals surface area contributed by atoms with Crippen molar-refractivity contribution in [1.29, 1.82) is 0 Å². The zero-order chi connectivity index (χ0) is 14.5. The third kappa shape index (κ3) is 3.44. The van der Waals surface area contributed by atoms with Gasteiger partial charge in [0, 0.05) is 6.54 Å². The Morgan fingerprint density at radius 2 is 2.15 bits per heavy atom. The van der Waals surface area contributed by atoms with E-state index in [1.165, 1.54) is 24.4 Å². The number of carbonyl (C=O) groups excluding carboxylic acids is 1. The number of rotatable bonds is 5. The largest absolute Gasteiger partial charge is 0.397 e. The number of pyridine rings is 1. The molecule has 0 unspecified atom stereocenters. The molecule has 2 rings (SSSR count). The van der Waals surface area contributed by atoms with Crippen LogP contribution in [0.2, 0.25) is 0 Å². The second-order valence-electron chi connectivity index (χ2n) is 4.34. The van der Waals surface area contributed by atoms with E-state index < -0.39 is 5.91 Å². The summed E-state index contributed by atoms with van der Waals surface area (Å²) < 4.78 is 13.0. The average Bonchev–Trinajstić information content (AvgIpc) is 2.40. The molecule has 6 heteroatoms. The van der Waals surface area contributed by atoms with Crippen LogP contribution in [0.25, 0.3) is 0 Å². The Morgan fingerprint density at radius 3 is 2.85 bits per heavy atom. The lowest BCUT2D eigenvalue weighted by Gasteiger charge is -2.09. The van der Waals surface area contributed by atoms with Crippen molar-refractivity contribution in [2.45, 2.75) is 6.42 Å². The summed E-state index contributed by atoms with van der Waals surface area (Å²) in [7, 11) is 0. The van der Waals surface area contributed by atoms with E-state index in [1.54, 1.807) is 6.07 Å². The summed E-state index contributed by atoms with van der Waals surface area (Å²) in [4.78, 5) is 15.3. The van der Waals surface area contributed by atoms with Crippen molar-refractivity contribution < 1.29 is 9.18 Å². The van der Waals surface area contributed by atoms with Crippen LogP contribution < -0.4 is 16.8 Å². The highest BCUT2D eigenvalue weighted by Gasteiger charge is 2.09. The number of nitrogens with one attached hydrogen (secondary N) is 1. The molecular formula is C14H15FN4O. The van der Waals surface area contributed by atoms with Crippen LogP contribution >= 0.6 is 0 Å². The van der Waals surface area contributed by atoms with Crippen molar-refractivity contribution >= 4 is 17.4 Å². The molecule has 0 aliphatic carbocycles. The summed E-state index contributed by atoms with van der Waals surface area (Å²) in [6, 6.07) is 7.81. The lowest BCUT2D eigenvalue weighted by Crippen LogP contribution is -2.17. The molecule has 0 saturated carbocycles. The van der Waals surface area contributed by atoms with Crippen molar-refractivity contribution in [3.05, 3.63) is 53.5 Å². The van der Waals surface area contributed by atoms with Gasteiger partial charge < -0.3 is 16.8 Å². The molecule has 0 radical (unpaired) electrons. The molecule has 0 saturated heterocycles. The van der Waals surface area contributed by atoms with Crippen LogP contribution in [0.5, 0.6) is 0 Å². The molecule has 0 fully saturated rings. The van der Waals surface area contributed by atoms with Gasteiger partial charge in [-0.1, -0.05) is 12.1 Å². The molecular weight excluding hydrogens is 259 g/mol. The minimum Gasteiger partial charge on any atom is -0.397 e. The summed E-state index contributed by atoms with van der Waals surface area (Å²) in [5, 5.41) is 3.00. The van der Waals surface area contributed by atoms with Crippen molar-refractivity contribution in [2.75, 3.05) is 17.6 Å². The fourth-order valence-electron chi connectivity index (χ4n) is 1.83. The van der Waals surface area contributed by atoms with Crippen LogP contribution in [0, 0.1) is 5.82 Å². The lowest BCUT2D eigenvalue weighted by molar-refractivity contribution is 0.100. The third-order valence-corrected chi connectivity index (χ3v) is 2.77. The Labute approximate surface area is 115 Å². The van der Waals surface area contributed by atoms with E-state index in [4.69, 9.17) is 11.5 Å². The summed E-state index contributed by atoms with van der Waals surface area (Å²) in [6.45, 7) is 0.501. The molecule has 0 bridgehead atoms. The zero-order valence-electron chi connectivity index (χ0n) is 10.8. The number of carbonyl (C=O) groups is 1. The number of hydrogen-bond acceptors (Lipinski definition) is 4. The average molecular weight is 274 g/mol. The van der Waals surface area contributed by atoms with Crippen LogP contribution in [0.1, 0.15) is 15.9 Å². The van der Waals surface area contributed by atoms with Gasteiger partial charge in [-0.2, -0.15) is 0 Å². The number of nitrogens with two attached hydrogens (primary N) is 2. The first kappa shape index (κ1) is 13.8. The maximum Gasteiger partial charge on any atom is 0.252 e. The Morgan fingerprint density at radius 1 is 1.35 bits per heavy atom. The fraction of sp³-hybridized carbons (Fsp3) is 0.143. The number of benzene rings is 1. The molecule has 0 spiro atoms. The summed E-state index contributed by atoms with van der Waals surface area (Å²) in [5.41, 5.74) is 12.3. The van der Waals surface area contributed by atoms with Gasteiger partial charge in [0.25, 0.3) is 5.91 Å². The summed E-state index contributed by atoms with van der Waals surface area (Å²) in [6.07, 6.45) is 2.04. The Kier molecular flexibility index (Phi) is 4.14. The highest BCUT2D eigenvalue weighted by atomic mass is 19.1. The number of primary amides is 1. The quantitative estimate of drug-likeness (QED) is 0.771. The minimum atomic E-state index is -0.599. The number of nitrogens with zero attached hydrogens (tertiary/aromatic N) is 1. The highest BCUT2D eigenvalue weighted by molar-refractivity contribution is 5.98. The van der Waals surface area contributed by atoms with Gasteiger partial charge in [-0.05, 0) is 30.2 Å². The van der Waals surface area contributed by atoms with Crippen LogP contribution in [0.15, 0.2) is 36.5 Å². The molecule has 1 amide bonds. The predicted molar refractivity (Wildman–Crippen MR) is 75.8 cm³/mol. The number of anilines is 2. The van der Waals surface area contributed by atoms with E-state index in [9.17, 15) is 9.18 Å². The molecule has 0 aliphatic heterocycles. The van der Waals surface area contributed by atoms with Crippen LogP contribution in [-0.4, -0.2) is 17.4 Å². The van der Waals surface area contributed by atoms with Gasteiger partial charge >= 0.3 is 0 Å². The number of halogens is 1. The molecule has 1 aromatic heterocycles. The normalized spacial score (nSPS) is 10.2. The fourth-order valence-corrected chi connectivity index (χ4v) is 1.83. The van der Waals surface area contributed by atoms with E-state index in [-0.39, 0.29) is 11.4 Å². The van der Waals surface area contributed by atoms with E-state index in [0.29, 0.717) is 24.5 Å². The van der Waals surface area contributed by atoms with Gasteiger partial charge in [0.2, 0.25) is 0 Å². The van der Waals surface area contributed by atoms with Gasteiger partial charge in [-0.15, -0.1) is 0 Å². The van der Waals surface area contributed by atoms with Gasteiger partial charge in [0.15, 0.2) is 0 Å². The Bertz CT molecular complexity index is 630. The van der Waals surface area contributed by atoms with Crippen LogP contribution in [0.4, 0.5) is 15.9 Å². The molecule has 104 valence electrons. The maximum atomic E-state index is 13.0. The number of amides is 1. The second kappa shape index (κ2) is 6.01. The first-order valence-electron chi connectivity index (χ1n) is 6.10. The van der Waals surface area contributed by atoms with Crippen LogP contribution in [-0.2, 0) is 6.42 Å². The van der Waals surface area contributed by atoms with Gasteiger partial charge in [0.1, 0.15) is 11.6 Å². The van der Waals surface area contributed by atoms with Gasteiger partial charge in [-0.25, -0.2) is 9.37 Å². The van der Waals surface area contributed by atoms with Gasteiger partial charge in [0.05, 0.1) is 17.4 Å². The SMILES string of the molecule is NC(=O)c1cc(N)cnc1NCCc1cccc(F)c1. The molecule has 20 heavy (non-hydrogen) atoms. The predicted octanol–water partition coefficient (Wildman–Crippen LogP) is 1.56. The monoisotopic (exact) mass is 274 g/mol. The Hall–Kier alpha value is -2.63. The van der Waals surface area contributed by atoms with Crippen molar-refractivity contribution in [2.24, 2.45) is 5.73 Å². The van der Waals surface area contributed by atoms with E-state index in [1.807, 2.05) is 6.07 Å². The highest BCUT2D eigenvalue weighted by Crippen LogP contribution is 2.15. The zero-order valence-corrected chi connectivity index (χ0v) is 10.8. The smallest absolute Gasteiger partial charge is 0.252 e. The summed E-state index contributed by atoms with van der Waals surface area (Å²) >= 11 is 0. The van der Waals surface area contributed by atoms with E-state index in [2.05, 4.69) is 10.3 Å². The van der Waals surface area contributed by atoms with E-state index in [0.717, 1.165) is 5.56 Å². The number of nitrogen functional groups attached to an aromatic ring is 1. The van der Waals surface area contributed by atoms with Crippen molar-refractivity contribution in [1.82, 2.24) is 4.98 Å². The Balaban J connectivity index is 2.02. The van der Waals surface area contributed by atoms with Crippen LogP contribution in [0.3, 0.4) is 0 Å². The van der Waals surface area contributed by atoms with Gasteiger partial charge in [-0.3, -0.25) is 4.79 Å². The molecule has 0 aliphatic rings. The topological polar surface area (TPSA) is 94.0 Å². The molecule has 5 N–H and O–H groups in total. The molecule has 5 nitrogen and oxygen atoms in total. The molecule has 1 aromatic carbocycles. The first-order chi connectivity index (χ1) is 9.56. The molecule has 1 heterocycles. The molecule has 0 atom stereocenters. The minimum absolute atomic E-state index is 0.240. The van der Waals surface area contributed by atoms with Crippen molar-refractivity contribution in [3.8, 4) is 0 Å². The van der Waals surface area contributed by atoms with Crippen molar-refractivity contribution in [3.63, 3.8) is 0 Å². The lowest BCUT2D eigenvalue weighted by atomic mass is 10.1. The second-order valence-corrected chi connectivity index (χ2v) is 4.34. The molecule has 2 aromatic rings.